The first-order valence-electron chi connectivity index (χ1n) is 4.65. The lowest BCUT2D eigenvalue weighted by Gasteiger charge is -2.19. The molecule has 0 fully saturated rings. The Bertz CT molecular complexity index is 194. The quantitative estimate of drug-likeness (QED) is 0.460. The van der Waals surface area contributed by atoms with Crippen molar-refractivity contribution in [2.24, 2.45) is 0 Å². The van der Waals surface area contributed by atoms with Crippen LogP contribution in [-0.4, -0.2) is 29.4 Å². The van der Waals surface area contributed by atoms with Gasteiger partial charge in [-0.2, -0.15) is 0 Å². The summed E-state index contributed by atoms with van der Waals surface area (Å²) in [7, 11) is 0. The Morgan fingerprint density at radius 1 is 1.62 bits per heavy atom. The first kappa shape index (κ1) is 10.5. The van der Waals surface area contributed by atoms with Crippen LogP contribution in [0.25, 0.3) is 0 Å². The third-order valence-corrected chi connectivity index (χ3v) is 2.23. The van der Waals surface area contributed by atoms with Gasteiger partial charge in [-0.3, -0.25) is 0 Å². The van der Waals surface area contributed by atoms with Crippen LogP contribution >= 0.6 is 12.2 Å². The van der Waals surface area contributed by atoms with Crippen molar-refractivity contribution in [3.05, 3.63) is 12.2 Å². The van der Waals surface area contributed by atoms with Gasteiger partial charge in [-0.25, -0.2) is 0 Å². The van der Waals surface area contributed by atoms with Gasteiger partial charge in [0.2, 0.25) is 0 Å². The molecule has 74 valence electrons. The minimum atomic E-state index is 0.113. The van der Waals surface area contributed by atoms with E-state index in [9.17, 15) is 0 Å². The van der Waals surface area contributed by atoms with Gasteiger partial charge in [-0.1, -0.05) is 12.2 Å². The lowest BCUT2D eigenvalue weighted by atomic mass is 10.0. The predicted molar refractivity (Wildman–Crippen MR) is 57.6 cm³/mol. The normalized spacial score (nSPS) is 21.2. The summed E-state index contributed by atoms with van der Waals surface area (Å²) in [5.41, 5.74) is 0. The Balaban J connectivity index is 2.18. The molecule has 1 atom stereocenters. The van der Waals surface area contributed by atoms with Crippen molar-refractivity contribution in [3.8, 4) is 0 Å². The lowest BCUT2D eigenvalue weighted by Crippen LogP contribution is -2.42. The second kappa shape index (κ2) is 5.94. The molecule has 4 heteroatoms. The monoisotopic (exact) mass is 200 g/mol. The van der Waals surface area contributed by atoms with Crippen LogP contribution in [0.4, 0.5) is 0 Å². The summed E-state index contributed by atoms with van der Waals surface area (Å²) in [6.45, 7) is 0.630. The molecule has 1 aliphatic rings. The summed E-state index contributed by atoms with van der Waals surface area (Å²) in [6, 6.07) is 0.368. The minimum Gasteiger partial charge on any atom is -0.395 e. The molecule has 0 bridgehead atoms. The van der Waals surface area contributed by atoms with Gasteiger partial charge in [0.05, 0.1) is 6.61 Å². The third-order valence-electron chi connectivity index (χ3n) is 1.97. The molecule has 1 rings (SSSR count). The molecule has 0 aromatic carbocycles. The minimum absolute atomic E-state index is 0.113. The van der Waals surface area contributed by atoms with Crippen molar-refractivity contribution >= 4 is 17.3 Å². The van der Waals surface area contributed by atoms with E-state index in [-0.39, 0.29) is 6.61 Å². The van der Waals surface area contributed by atoms with Crippen LogP contribution in [-0.2, 0) is 0 Å². The highest BCUT2D eigenvalue weighted by Gasteiger charge is 2.08. The van der Waals surface area contributed by atoms with Gasteiger partial charge in [0.1, 0.15) is 0 Å². The highest BCUT2D eigenvalue weighted by molar-refractivity contribution is 7.80. The van der Waals surface area contributed by atoms with Crippen molar-refractivity contribution in [1.29, 1.82) is 0 Å². The maximum absolute atomic E-state index is 8.56. The number of thiocarbonyl (C=S) groups is 1. The van der Waals surface area contributed by atoms with Crippen LogP contribution in [0.1, 0.15) is 19.3 Å². The zero-order valence-corrected chi connectivity index (χ0v) is 8.44. The molecular weight excluding hydrogens is 184 g/mol. The maximum Gasteiger partial charge on any atom is 0.166 e. The van der Waals surface area contributed by atoms with E-state index < -0.39 is 0 Å². The van der Waals surface area contributed by atoms with Gasteiger partial charge in [0.25, 0.3) is 0 Å². The molecule has 0 radical (unpaired) electrons. The van der Waals surface area contributed by atoms with E-state index in [1.807, 2.05) is 0 Å². The number of allylic oxidation sites excluding steroid dienone is 1. The van der Waals surface area contributed by atoms with Crippen LogP contribution in [0.5, 0.6) is 0 Å². The molecule has 0 amide bonds. The van der Waals surface area contributed by atoms with Gasteiger partial charge in [0, 0.05) is 12.6 Å². The van der Waals surface area contributed by atoms with E-state index in [4.69, 9.17) is 17.3 Å². The van der Waals surface area contributed by atoms with Crippen molar-refractivity contribution < 1.29 is 5.11 Å². The highest BCUT2D eigenvalue weighted by atomic mass is 32.1. The number of hydrogen-bond acceptors (Lipinski definition) is 2. The van der Waals surface area contributed by atoms with Gasteiger partial charge >= 0.3 is 0 Å². The Hall–Kier alpha value is -0.610. The molecule has 13 heavy (non-hydrogen) atoms. The average Bonchev–Trinajstić information content (AvgIpc) is 2.16. The Morgan fingerprint density at radius 2 is 2.46 bits per heavy atom. The first-order valence-corrected chi connectivity index (χ1v) is 5.05. The van der Waals surface area contributed by atoms with Crippen molar-refractivity contribution in [2.75, 3.05) is 13.2 Å². The first-order chi connectivity index (χ1) is 6.33. The topological polar surface area (TPSA) is 44.3 Å². The molecule has 1 aliphatic carbocycles. The van der Waals surface area contributed by atoms with Crippen molar-refractivity contribution in [1.82, 2.24) is 10.6 Å². The lowest BCUT2D eigenvalue weighted by molar-refractivity contribution is 0.300. The van der Waals surface area contributed by atoms with Gasteiger partial charge in [-0.15, -0.1) is 0 Å². The third kappa shape index (κ3) is 4.24. The maximum atomic E-state index is 8.56. The van der Waals surface area contributed by atoms with E-state index >= 15 is 0 Å². The zero-order chi connectivity index (χ0) is 9.52. The smallest absolute Gasteiger partial charge is 0.166 e. The van der Waals surface area contributed by atoms with E-state index in [0.29, 0.717) is 17.7 Å². The van der Waals surface area contributed by atoms with Gasteiger partial charge in [-0.05, 0) is 31.5 Å². The molecule has 3 nitrogen and oxygen atoms in total. The Morgan fingerprint density at radius 3 is 3.08 bits per heavy atom. The Kier molecular flexibility index (Phi) is 4.78. The van der Waals surface area contributed by atoms with Gasteiger partial charge < -0.3 is 15.7 Å². The number of nitrogens with one attached hydrogen (secondary N) is 2. The fraction of sp³-hybridized carbons (Fsp3) is 0.667. The number of aliphatic hydroxyl groups excluding tert-OH is 1. The fourth-order valence-corrected chi connectivity index (χ4v) is 1.57. The van der Waals surface area contributed by atoms with Crippen LogP contribution in [0.3, 0.4) is 0 Å². The van der Waals surface area contributed by atoms with Crippen molar-refractivity contribution in [3.63, 3.8) is 0 Å². The van der Waals surface area contributed by atoms with Crippen LogP contribution in [0, 0.1) is 0 Å². The fourth-order valence-electron chi connectivity index (χ4n) is 1.32. The number of aliphatic hydroxyl groups is 1. The van der Waals surface area contributed by atoms with E-state index in [0.717, 1.165) is 6.42 Å². The van der Waals surface area contributed by atoms with Crippen LogP contribution in [0.2, 0.25) is 0 Å². The van der Waals surface area contributed by atoms with Crippen LogP contribution < -0.4 is 10.6 Å². The Labute approximate surface area is 84.2 Å². The van der Waals surface area contributed by atoms with E-state index in [1.54, 1.807) is 0 Å². The number of hydrogen-bond donors (Lipinski definition) is 3. The summed E-state index contributed by atoms with van der Waals surface area (Å²) >= 11 is 5.03. The summed E-state index contributed by atoms with van der Waals surface area (Å²) in [5.74, 6) is 0. The SMILES string of the molecule is OCCNC(=S)NC1C=CCCC1. The molecule has 3 N–H and O–H groups in total. The molecule has 0 aliphatic heterocycles. The van der Waals surface area contributed by atoms with Gasteiger partial charge in [0.15, 0.2) is 5.11 Å². The molecule has 0 heterocycles. The van der Waals surface area contributed by atoms with Crippen molar-refractivity contribution in [2.45, 2.75) is 25.3 Å². The molecular formula is C9H16N2OS. The van der Waals surface area contributed by atoms with E-state index in [2.05, 4.69) is 22.8 Å². The highest BCUT2D eigenvalue weighted by Crippen LogP contribution is 2.09. The van der Waals surface area contributed by atoms with Crippen LogP contribution in [0.15, 0.2) is 12.2 Å². The molecule has 0 aromatic heterocycles. The largest absolute Gasteiger partial charge is 0.395 e. The molecule has 0 spiro atoms. The summed E-state index contributed by atoms with van der Waals surface area (Å²) < 4.78 is 0. The molecule has 1 unspecified atom stereocenters. The second-order valence-electron chi connectivity index (χ2n) is 3.09. The second-order valence-corrected chi connectivity index (χ2v) is 3.50. The predicted octanol–water partition coefficient (Wildman–Crippen LogP) is 0.551. The molecule has 0 saturated heterocycles. The van der Waals surface area contributed by atoms with E-state index in [1.165, 1.54) is 12.8 Å². The average molecular weight is 200 g/mol. The summed E-state index contributed by atoms with van der Waals surface area (Å²) in [5, 5.41) is 15.3. The zero-order valence-electron chi connectivity index (χ0n) is 7.62. The number of rotatable bonds is 3. The summed E-state index contributed by atoms with van der Waals surface area (Å²) in [6.07, 6.45) is 7.86. The standard InChI is InChI=1S/C9H16N2OS/c12-7-6-10-9(13)11-8-4-2-1-3-5-8/h2,4,8,12H,1,3,5-7H2,(H2,10,11,13). The molecule has 0 aromatic rings. The molecule has 0 saturated carbocycles. The summed E-state index contributed by atoms with van der Waals surface area (Å²) in [4.78, 5) is 0.